The standard InChI is InChI=1S/C37H66N4O11/c1-5-9-24-49-33(44)21-18-29(36(47)51-26-11-7-3)40-32(43)20-17-28(39-31(42)16-14-13-15-23-38)35(46)41-30(37(48)52-27-12-8-4)19-22-34(45)50-25-10-6-2/h28-30H,5-27,38H2,1-4H3,(H,39,42)(H,40,43)(H,41,46). The van der Waals surface area contributed by atoms with Crippen molar-refractivity contribution in [1.29, 1.82) is 0 Å². The number of hydrogen-bond donors (Lipinski definition) is 4. The van der Waals surface area contributed by atoms with E-state index in [4.69, 9.17) is 24.7 Å². The van der Waals surface area contributed by atoms with Crippen LogP contribution in [0.25, 0.3) is 0 Å². The zero-order chi connectivity index (χ0) is 39.0. The lowest BCUT2D eigenvalue weighted by molar-refractivity contribution is -0.150. The molecule has 0 aliphatic heterocycles. The fraction of sp³-hybridized carbons (Fsp3) is 0.811. The zero-order valence-electron chi connectivity index (χ0n) is 32.1. The summed E-state index contributed by atoms with van der Waals surface area (Å²) in [6.45, 7) is 9.06. The molecule has 0 radical (unpaired) electrons. The van der Waals surface area contributed by atoms with Crippen LogP contribution in [0.5, 0.6) is 0 Å². The number of esters is 4. The second-order valence-corrected chi connectivity index (χ2v) is 12.7. The van der Waals surface area contributed by atoms with Gasteiger partial charge in [0.2, 0.25) is 17.7 Å². The molecule has 15 nitrogen and oxygen atoms in total. The molecule has 0 rings (SSSR count). The molecule has 0 aliphatic carbocycles. The number of amides is 3. The summed E-state index contributed by atoms with van der Waals surface area (Å²) in [5, 5.41) is 7.87. The van der Waals surface area contributed by atoms with Gasteiger partial charge in [-0.05, 0) is 64.3 Å². The van der Waals surface area contributed by atoms with Crippen molar-refractivity contribution in [3.8, 4) is 0 Å². The van der Waals surface area contributed by atoms with Crippen LogP contribution in [-0.2, 0) is 52.5 Å². The summed E-state index contributed by atoms with van der Waals surface area (Å²) in [6.07, 6.45) is 7.09. The lowest BCUT2D eigenvalue weighted by Gasteiger charge is -2.23. The Labute approximate surface area is 309 Å². The predicted molar refractivity (Wildman–Crippen MR) is 194 cm³/mol. The largest absolute Gasteiger partial charge is 0.466 e. The molecule has 0 saturated carbocycles. The molecular formula is C37H66N4O11. The molecule has 52 heavy (non-hydrogen) atoms. The molecule has 15 heteroatoms. The second-order valence-electron chi connectivity index (χ2n) is 12.7. The van der Waals surface area contributed by atoms with E-state index >= 15 is 0 Å². The van der Waals surface area contributed by atoms with Gasteiger partial charge >= 0.3 is 23.9 Å². The molecule has 0 bridgehead atoms. The highest BCUT2D eigenvalue weighted by molar-refractivity contribution is 5.91. The van der Waals surface area contributed by atoms with Crippen LogP contribution in [-0.4, -0.2) is 92.7 Å². The van der Waals surface area contributed by atoms with Crippen LogP contribution in [0.1, 0.15) is 143 Å². The van der Waals surface area contributed by atoms with Crippen LogP contribution < -0.4 is 21.7 Å². The summed E-state index contributed by atoms with van der Waals surface area (Å²) < 4.78 is 21.0. The first-order chi connectivity index (χ1) is 25.0. The van der Waals surface area contributed by atoms with Gasteiger partial charge in [-0.3, -0.25) is 24.0 Å². The minimum atomic E-state index is -1.24. The van der Waals surface area contributed by atoms with Crippen molar-refractivity contribution in [3.05, 3.63) is 0 Å². The van der Waals surface area contributed by atoms with Gasteiger partial charge in [0, 0.05) is 25.7 Å². The molecule has 3 amide bonds. The summed E-state index contributed by atoms with van der Waals surface area (Å²) in [4.78, 5) is 89.9. The smallest absolute Gasteiger partial charge is 0.328 e. The first-order valence-corrected chi connectivity index (χ1v) is 19.3. The van der Waals surface area contributed by atoms with Crippen molar-refractivity contribution in [2.24, 2.45) is 5.73 Å². The van der Waals surface area contributed by atoms with E-state index in [0.717, 1.165) is 32.1 Å². The fourth-order valence-electron chi connectivity index (χ4n) is 4.62. The van der Waals surface area contributed by atoms with Gasteiger partial charge in [0.15, 0.2) is 0 Å². The third-order valence-corrected chi connectivity index (χ3v) is 7.92. The van der Waals surface area contributed by atoms with E-state index in [0.29, 0.717) is 45.1 Å². The second kappa shape index (κ2) is 31.9. The third-order valence-electron chi connectivity index (χ3n) is 7.92. The Morgan fingerprint density at radius 2 is 0.865 bits per heavy atom. The van der Waals surface area contributed by atoms with Crippen molar-refractivity contribution in [1.82, 2.24) is 16.0 Å². The predicted octanol–water partition coefficient (Wildman–Crippen LogP) is 3.67. The van der Waals surface area contributed by atoms with Crippen LogP contribution in [0.15, 0.2) is 0 Å². The van der Waals surface area contributed by atoms with E-state index in [2.05, 4.69) is 16.0 Å². The van der Waals surface area contributed by atoms with Crippen molar-refractivity contribution in [2.45, 2.75) is 161 Å². The van der Waals surface area contributed by atoms with E-state index in [1.165, 1.54) is 0 Å². The maximum atomic E-state index is 13.6. The number of rotatable bonds is 32. The Hall–Kier alpha value is -3.75. The van der Waals surface area contributed by atoms with Gasteiger partial charge in [-0.15, -0.1) is 0 Å². The number of carbonyl (C=O) groups excluding carboxylic acids is 7. The Bertz CT molecular complexity index is 1060. The number of ether oxygens (including phenoxy) is 4. The quantitative estimate of drug-likeness (QED) is 0.0441. The van der Waals surface area contributed by atoms with Crippen LogP contribution in [0.3, 0.4) is 0 Å². The minimum absolute atomic E-state index is 0.0478. The van der Waals surface area contributed by atoms with Crippen molar-refractivity contribution < 1.29 is 52.5 Å². The number of hydrogen-bond acceptors (Lipinski definition) is 12. The molecule has 0 spiro atoms. The van der Waals surface area contributed by atoms with Crippen molar-refractivity contribution in [3.63, 3.8) is 0 Å². The molecule has 0 saturated heterocycles. The van der Waals surface area contributed by atoms with Gasteiger partial charge in [-0.1, -0.05) is 59.8 Å². The average Bonchev–Trinajstić information content (AvgIpc) is 3.12. The van der Waals surface area contributed by atoms with E-state index in [-0.39, 0.29) is 71.4 Å². The topological polar surface area (TPSA) is 219 Å². The summed E-state index contributed by atoms with van der Waals surface area (Å²) in [5.74, 6) is -4.24. The SMILES string of the molecule is CCCCOC(=O)CCC(NC(=O)CCC(NC(=O)CCCCCN)C(=O)NC(CCC(=O)OCCCC)C(=O)OCCCC)C(=O)OCCCC. The molecule has 0 aromatic carbocycles. The van der Waals surface area contributed by atoms with Gasteiger partial charge in [0.05, 0.1) is 26.4 Å². The Kier molecular flexibility index (Phi) is 29.6. The van der Waals surface area contributed by atoms with Gasteiger partial charge < -0.3 is 40.6 Å². The van der Waals surface area contributed by atoms with Crippen LogP contribution in [0.2, 0.25) is 0 Å². The van der Waals surface area contributed by atoms with Crippen molar-refractivity contribution >= 4 is 41.6 Å². The Balaban J connectivity index is 5.83. The number of unbranched alkanes of at least 4 members (excludes halogenated alkanes) is 6. The minimum Gasteiger partial charge on any atom is -0.466 e. The number of carbonyl (C=O) groups is 7. The van der Waals surface area contributed by atoms with Crippen molar-refractivity contribution in [2.75, 3.05) is 33.0 Å². The molecule has 0 fully saturated rings. The highest BCUT2D eigenvalue weighted by Gasteiger charge is 2.30. The van der Waals surface area contributed by atoms with Gasteiger partial charge in [-0.2, -0.15) is 0 Å². The highest BCUT2D eigenvalue weighted by Crippen LogP contribution is 2.10. The average molecular weight is 743 g/mol. The van der Waals surface area contributed by atoms with E-state index in [9.17, 15) is 33.6 Å². The van der Waals surface area contributed by atoms with E-state index in [1.54, 1.807) is 0 Å². The lowest BCUT2D eigenvalue weighted by atomic mass is 10.1. The molecule has 0 aromatic heterocycles. The van der Waals surface area contributed by atoms with Gasteiger partial charge in [0.25, 0.3) is 0 Å². The Morgan fingerprint density at radius 1 is 0.462 bits per heavy atom. The van der Waals surface area contributed by atoms with Gasteiger partial charge in [0.1, 0.15) is 18.1 Å². The summed E-state index contributed by atoms with van der Waals surface area (Å²) >= 11 is 0. The lowest BCUT2D eigenvalue weighted by Crippen LogP contribution is -2.52. The molecular weight excluding hydrogens is 676 g/mol. The molecule has 5 N–H and O–H groups in total. The monoisotopic (exact) mass is 742 g/mol. The van der Waals surface area contributed by atoms with Crippen LogP contribution >= 0.6 is 0 Å². The van der Waals surface area contributed by atoms with E-state index < -0.39 is 59.7 Å². The molecule has 0 aliphatic rings. The van der Waals surface area contributed by atoms with Gasteiger partial charge in [-0.25, -0.2) is 9.59 Å². The molecule has 0 aromatic rings. The molecule has 3 atom stereocenters. The molecule has 0 heterocycles. The molecule has 3 unspecified atom stereocenters. The van der Waals surface area contributed by atoms with Crippen LogP contribution in [0, 0.1) is 0 Å². The fourth-order valence-corrected chi connectivity index (χ4v) is 4.62. The maximum absolute atomic E-state index is 13.6. The highest BCUT2D eigenvalue weighted by atomic mass is 16.5. The summed E-state index contributed by atoms with van der Waals surface area (Å²) in [7, 11) is 0. The normalized spacial score (nSPS) is 12.5. The number of nitrogens with two attached hydrogens (primary N) is 1. The number of nitrogens with one attached hydrogen (secondary N) is 3. The Morgan fingerprint density at radius 3 is 1.33 bits per heavy atom. The third kappa shape index (κ3) is 25.2. The first-order valence-electron chi connectivity index (χ1n) is 19.3. The van der Waals surface area contributed by atoms with Crippen LogP contribution in [0.4, 0.5) is 0 Å². The zero-order valence-corrected chi connectivity index (χ0v) is 32.1. The molecule has 300 valence electrons. The summed E-state index contributed by atoms with van der Waals surface area (Å²) in [5.41, 5.74) is 5.55. The van der Waals surface area contributed by atoms with E-state index in [1.807, 2.05) is 27.7 Å². The first kappa shape index (κ1) is 48.2. The summed E-state index contributed by atoms with van der Waals surface area (Å²) in [6, 6.07) is -3.58. The maximum Gasteiger partial charge on any atom is 0.328 e.